The lowest BCUT2D eigenvalue weighted by molar-refractivity contribution is 0.412. The van der Waals surface area contributed by atoms with Gasteiger partial charge in [0.15, 0.2) is 0 Å². The summed E-state index contributed by atoms with van der Waals surface area (Å²) in [6.07, 6.45) is 1.48. The Hall–Kier alpha value is -1.89. The predicted molar refractivity (Wildman–Crippen MR) is 98.8 cm³/mol. The van der Waals surface area contributed by atoms with Gasteiger partial charge in [0.2, 0.25) is 0 Å². The minimum Gasteiger partial charge on any atom is -0.330 e. The Morgan fingerprint density at radius 1 is 1.38 bits per heavy atom. The number of nitrogens with one attached hydrogen (secondary N) is 1. The maximum Gasteiger partial charge on any atom is 0.262 e. The lowest BCUT2D eigenvalue weighted by Crippen LogP contribution is -2.23. The highest BCUT2D eigenvalue weighted by molar-refractivity contribution is 6.31. The van der Waals surface area contributed by atoms with Crippen molar-refractivity contribution in [2.75, 3.05) is 27.2 Å². The molecule has 3 N–H and O–H groups in total. The van der Waals surface area contributed by atoms with Crippen LogP contribution >= 0.6 is 11.6 Å². The van der Waals surface area contributed by atoms with Crippen LogP contribution in [0.5, 0.6) is 0 Å². The van der Waals surface area contributed by atoms with Gasteiger partial charge < -0.3 is 15.2 Å². The molecule has 0 aliphatic carbocycles. The number of halogens is 1. The fourth-order valence-corrected chi connectivity index (χ4v) is 3.14. The predicted octanol–water partition coefficient (Wildman–Crippen LogP) is 1.98. The van der Waals surface area contributed by atoms with Crippen LogP contribution in [-0.4, -0.2) is 46.8 Å². The molecule has 0 radical (unpaired) electrons. The standard InChI is InChI=1S/C17H22ClN5O/c1-22(2)9-6-13-15-16(21-20-13)12-10-11(18)4-5-14(12)23(17(15)24)8-3-7-19/h4-5,10H,3,6-9,19H2,1-2H3,(H,20,21). The lowest BCUT2D eigenvalue weighted by atomic mass is 10.1. The third kappa shape index (κ3) is 3.05. The van der Waals surface area contributed by atoms with Crippen LogP contribution in [0.25, 0.3) is 21.8 Å². The molecule has 0 spiro atoms. The summed E-state index contributed by atoms with van der Waals surface area (Å²) in [5.41, 5.74) is 8.02. The summed E-state index contributed by atoms with van der Waals surface area (Å²) in [6, 6.07) is 5.55. The Labute approximate surface area is 145 Å². The van der Waals surface area contributed by atoms with E-state index in [9.17, 15) is 4.79 Å². The first-order chi connectivity index (χ1) is 11.5. The van der Waals surface area contributed by atoms with Gasteiger partial charge in [0, 0.05) is 35.6 Å². The molecule has 6 nitrogen and oxygen atoms in total. The maximum atomic E-state index is 13.1. The van der Waals surface area contributed by atoms with Crippen molar-refractivity contribution < 1.29 is 0 Å². The molecule has 0 atom stereocenters. The third-order valence-corrected chi connectivity index (χ3v) is 4.43. The minimum atomic E-state index is -0.0178. The Morgan fingerprint density at radius 2 is 2.17 bits per heavy atom. The fourth-order valence-electron chi connectivity index (χ4n) is 2.97. The molecule has 0 amide bonds. The van der Waals surface area contributed by atoms with Gasteiger partial charge in [-0.25, -0.2) is 0 Å². The number of H-pyrrole nitrogens is 1. The van der Waals surface area contributed by atoms with E-state index in [4.69, 9.17) is 17.3 Å². The first-order valence-corrected chi connectivity index (χ1v) is 8.44. The Morgan fingerprint density at radius 3 is 2.88 bits per heavy atom. The quantitative estimate of drug-likeness (QED) is 0.714. The van der Waals surface area contributed by atoms with E-state index >= 15 is 0 Å². The van der Waals surface area contributed by atoms with Crippen LogP contribution in [0.15, 0.2) is 23.0 Å². The molecule has 2 aromatic heterocycles. The highest BCUT2D eigenvalue weighted by Gasteiger charge is 2.17. The number of aryl methyl sites for hydroxylation is 1. The van der Waals surface area contributed by atoms with Crippen molar-refractivity contribution >= 4 is 33.4 Å². The first kappa shape index (κ1) is 17.0. The van der Waals surface area contributed by atoms with Gasteiger partial charge in [-0.05, 0) is 45.3 Å². The van der Waals surface area contributed by atoms with Gasteiger partial charge in [0.1, 0.15) is 5.52 Å². The fraction of sp³-hybridized carbons (Fsp3) is 0.412. The molecule has 0 aliphatic rings. The number of fused-ring (bicyclic) bond motifs is 3. The number of nitrogens with two attached hydrogens (primary N) is 1. The number of hydrogen-bond donors (Lipinski definition) is 2. The topological polar surface area (TPSA) is 79.9 Å². The Kier molecular flexibility index (Phi) is 4.89. The molecule has 0 bridgehead atoms. The molecular weight excluding hydrogens is 326 g/mol. The van der Waals surface area contributed by atoms with E-state index in [2.05, 4.69) is 15.1 Å². The summed E-state index contributed by atoms with van der Waals surface area (Å²) in [5.74, 6) is 0. The Bertz CT molecular complexity index is 928. The van der Waals surface area contributed by atoms with E-state index in [-0.39, 0.29) is 5.56 Å². The molecule has 24 heavy (non-hydrogen) atoms. The van der Waals surface area contributed by atoms with Gasteiger partial charge in [0.25, 0.3) is 5.56 Å². The molecule has 2 heterocycles. The second-order valence-electron chi connectivity index (χ2n) is 6.24. The number of nitrogens with zero attached hydrogens (tertiary/aromatic N) is 3. The van der Waals surface area contributed by atoms with E-state index in [0.29, 0.717) is 29.0 Å². The highest BCUT2D eigenvalue weighted by Crippen LogP contribution is 2.26. The zero-order valence-electron chi connectivity index (χ0n) is 14.0. The molecule has 0 unspecified atom stereocenters. The van der Waals surface area contributed by atoms with Gasteiger partial charge in [-0.15, -0.1) is 0 Å². The third-order valence-electron chi connectivity index (χ3n) is 4.20. The van der Waals surface area contributed by atoms with E-state index < -0.39 is 0 Å². The van der Waals surface area contributed by atoms with Crippen molar-refractivity contribution in [1.82, 2.24) is 19.7 Å². The zero-order valence-corrected chi connectivity index (χ0v) is 14.7. The minimum absolute atomic E-state index is 0.0178. The van der Waals surface area contributed by atoms with Crippen molar-refractivity contribution in [3.63, 3.8) is 0 Å². The van der Waals surface area contributed by atoms with Crippen LogP contribution in [0, 0.1) is 0 Å². The van der Waals surface area contributed by atoms with Crippen molar-refractivity contribution in [2.45, 2.75) is 19.4 Å². The van der Waals surface area contributed by atoms with Crippen LogP contribution in [-0.2, 0) is 13.0 Å². The number of rotatable bonds is 6. The summed E-state index contributed by atoms with van der Waals surface area (Å²) < 4.78 is 1.79. The first-order valence-electron chi connectivity index (χ1n) is 8.06. The van der Waals surface area contributed by atoms with Crippen LogP contribution in [0.3, 0.4) is 0 Å². The van der Waals surface area contributed by atoms with Crippen LogP contribution in [0.4, 0.5) is 0 Å². The largest absolute Gasteiger partial charge is 0.330 e. The molecule has 0 saturated heterocycles. The van der Waals surface area contributed by atoms with E-state index in [1.165, 1.54) is 0 Å². The van der Waals surface area contributed by atoms with Gasteiger partial charge >= 0.3 is 0 Å². The van der Waals surface area contributed by atoms with E-state index in [1.807, 2.05) is 26.2 Å². The summed E-state index contributed by atoms with van der Waals surface area (Å²) in [6.45, 7) is 1.97. The molecule has 0 aliphatic heterocycles. The van der Waals surface area contributed by atoms with Crippen molar-refractivity contribution in [1.29, 1.82) is 0 Å². The average molecular weight is 348 g/mol. The highest BCUT2D eigenvalue weighted by atomic mass is 35.5. The number of aromatic nitrogens is 3. The molecule has 0 saturated carbocycles. The maximum absolute atomic E-state index is 13.1. The van der Waals surface area contributed by atoms with Crippen molar-refractivity contribution in [3.8, 4) is 0 Å². The molecular formula is C17H22ClN5O. The number of likely N-dealkylation sites (N-methyl/N-ethyl adjacent to an activating group) is 1. The van der Waals surface area contributed by atoms with Crippen LogP contribution < -0.4 is 11.3 Å². The normalized spacial score (nSPS) is 11.9. The van der Waals surface area contributed by atoms with Crippen molar-refractivity contribution in [2.24, 2.45) is 5.73 Å². The second-order valence-corrected chi connectivity index (χ2v) is 6.68. The monoisotopic (exact) mass is 347 g/mol. The summed E-state index contributed by atoms with van der Waals surface area (Å²) in [5, 5.41) is 9.63. The molecule has 128 valence electrons. The summed E-state index contributed by atoms with van der Waals surface area (Å²) in [4.78, 5) is 15.2. The van der Waals surface area contributed by atoms with E-state index in [1.54, 1.807) is 10.6 Å². The lowest BCUT2D eigenvalue weighted by Gasteiger charge is -2.12. The molecule has 7 heteroatoms. The van der Waals surface area contributed by atoms with Crippen LogP contribution in [0.2, 0.25) is 5.02 Å². The molecule has 3 rings (SSSR count). The van der Waals surface area contributed by atoms with E-state index in [0.717, 1.165) is 36.0 Å². The number of hydrogen-bond acceptors (Lipinski definition) is 4. The van der Waals surface area contributed by atoms with Gasteiger partial charge in [-0.1, -0.05) is 11.6 Å². The number of aromatic amines is 1. The Balaban J connectivity index is 2.27. The second kappa shape index (κ2) is 6.93. The average Bonchev–Trinajstić information content (AvgIpc) is 2.97. The van der Waals surface area contributed by atoms with Gasteiger partial charge in [-0.2, -0.15) is 5.10 Å². The summed E-state index contributed by atoms with van der Waals surface area (Å²) in [7, 11) is 4.01. The molecule has 1 aromatic carbocycles. The molecule has 3 aromatic rings. The molecule has 0 fully saturated rings. The SMILES string of the molecule is CN(C)CCc1[nH]nc2c1c(=O)n(CCCN)c1ccc(Cl)cc21. The van der Waals surface area contributed by atoms with Crippen LogP contribution in [0.1, 0.15) is 12.1 Å². The number of pyridine rings is 1. The van der Waals surface area contributed by atoms with Crippen molar-refractivity contribution in [3.05, 3.63) is 39.3 Å². The number of benzene rings is 1. The zero-order chi connectivity index (χ0) is 17.3. The van der Waals surface area contributed by atoms with Gasteiger partial charge in [0.05, 0.1) is 10.9 Å². The summed E-state index contributed by atoms with van der Waals surface area (Å²) >= 11 is 6.17. The smallest absolute Gasteiger partial charge is 0.262 e. The van der Waals surface area contributed by atoms with Gasteiger partial charge in [-0.3, -0.25) is 9.89 Å².